The van der Waals surface area contributed by atoms with Crippen LogP contribution in [0, 0.1) is 0 Å². The summed E-state index contributed by atoms with van der Waals surface area (Å²) in [5, 5.41) is 12.1. The summed E-state index contributed by atoms with van der Waals surface area (Å²) in [6.07, 6.45) is 1.62. The summed E-state index contributed by atoms with van der Waals surface area (Å²) >= 11 is 0. The molecular weight excluding hydrogens is 206 g/mol. The van der Waals surface area contributed by atoms with Crippen LogP contribution in [0.3, 0.4) is 0 Å². The topological polar surface area (TPSA) is 80.4 Å². The van der Waals surface area contributed by atoms with E-state index < -0.39 is 0 Å². The van der Waals surface area contributed by atoms with Gasteiger partial charge in [0.25, 0.3) is 0 Å². The number of aromatic nitrogens is 1. The Morgan fingerprint density at radius 1 is 1.56 bits per heavy atom. The first-order valence-corrected chi connectivity index (χ1v) is 5.39. The number of pyridine rings is 1. The lowest BCUT2D eigenvalue weighted by molar-refractivity contribution is 0.278. The molecule has 5 nitrogen and oxygen atoms in total. The van der Waals surface area contributed by atoms with Crippen molar-refractivity contribution >= 4 is 11.5 Å². The molecule has 4 N–H and O–H groups in total. The van der Waals surface area contributed by atoms with Crippen molar-refractivity contribution in [2.24, 2.45) is 0 Å². The van der Waals surface area contributed by atoms with Crippen molar-refractivity contribution in [3.63, 3.8) is 0 Å². The fraction of sp³-hybridized carbons (Fsp3) is 0.545. The highest BCUT2D eigenvalue weighted by molar-refractivity contribution is 5.53. The maximum atomic E-state index is 8.89. The Morgan fingerprint density at radius 3 is 2.88 bits per heavy atom. The van der Waals surface area contributed by atoms with Crippen molar-refractivity contribution in [1.82, 2.24) is 4.98 Å². The molecule has 90 valence electrons. The van der Waals surface area contributed by atoms with Crippen molar-refractivity contribution in [1.29, 1.82) is 0 Å². The van der Waals surface area contributed by atoms with E-state index in [1.165, 1.54) is 7.11 Å². The number of nitrogen functional groups attached to an aromatic ring is 1. The van der Waals surface area contributed by atoms with Crippen LogP contribution in [0.1, 0.15) is 19.8 Å². The lowest BCUT2D eigenvalue weighted by Crippen LogP contribution is -2.20. The van der Waals surface area contributed by atoms with Crippen LogP contribution in [0.4, 0.5) is 11.5 Å². The lowest BCUT2D eigenvalue weighted by Gasteiger charge is -2.17. The Labute approximate surface area is 95.6 Å². The Hall–Kier alpha value is -1.49. The molecule has 0 aliphatic heterocycles. The SMILES string of the molecule is CCC(CCO)Nc1ccc(N)c(OC)n1. The number of nitrogens with two attached hydrogens (primary N) is 1. The van der Waals surface area contributed by atoms with Crippen molar-refractivity contribution in [3.05, 3.63) is 12.1 Å². The van der Waals surface area contributed by atoms with Crippen LogP contribution < -0.4 is 15.8 Å². The number of aliphatic hydroxyl groups is 1. The van der Waals surface area contributed by atoms with E-state index in [-0.39, 0.29) is 12.6 Å². The zero-order chi connectivity index (χ0) is 12.0. The van der Waals surface area contributed by atoms with E-state index in [0.29, 0.717) is 23.8 Å². The number of aliphatic hydroxyl groups excluding tert-OH is 1. The molecule has 0 aromatic carbocycles. The minimum atomic E-state index is 0.164. The monoisotopic (exact) mass is 225 g/mol. The number of nitrogens with one attached hydrogen (secondary N) is 1. The predicted octanol–water partition coefficient (Wildman–Crippen LogP) is 1.25. The van der Waals surface area contributed by atoms with Crippen LogP contribution in [0.15, 0.2) is 12.1 Å². The fourth-order valence-electron chi connectivity index (χ4n) is 1.44. The maximum Gasteiger partial charge on any atom is 0.238 e. The maximum absolute atomic E-state index is 8.89. The van der Waals surface area contributed by atoms with E-state index in [9.17, 15) is 0 Å². The first kappa shape index (κ1) is 12.6. The van der Waals surface area contributed by atoms with Crippen molar-refractivity contribution in [3.8, 4) is 5.88 Å². The fourth-order valence-corrected chi connectivity index (χ4v) is 1.44. The Balaban J connectivity index is 2.72. The van der Waals surface area contributed by atoms with Gasteiger partial charge in [0, 0.05) is 12.6 Å². The van der Waals surface area contributed by atoms with Crippen molar-refractivity contribution in [2.75, 3.05) is 24.8 Å². The second kappa shape index (κ2) is 6.17. The van der Waals surface area contributed by atoms with E-state index in [0.717, 1.165) is 6.42 Å². The summed E-state index contributed by atoms with van der Waals surface area (Å²) in [7, 11) is 1.54. The average Bonchev–Trinajstić information content (AvgIpc) is 2.30. The molecule has 0 spiro atoms. The molecule has 0 radical (unpaired) electrons. The molecule has 0 saturated carbocycles. The summed E-state index contributed by atoms with van der Waals surface area (Å²) < 4.78 is 5.04. The normalized spacial score (nSPS) is 12.2. The number of hydrogen-bond acceptors (Lipinski definition) is 5. The predicted molar refractivity (Wildman–Crippen MR) is 64.6 cm³/mol. The van der Waals surface area contributed by atoms with Gasteiger partial charge in [0.1, 0.15) is 5.82 Å². The molecule has 0 saturated heterocycles. The first-order valence-electron chi connectivity index (χ1n) is 5.39. The highest BCUT2D eigenvalue weighted by Crippen LogP contribution is 2.21. The van der Waals surface area contributed by atoms with E-state index in [2.05, 4.69) is 17.2 Å². The van der Waals surface area contributed by atoms with Crippen LogP contribution in [-0.4, -0.2) is 29.8 Å². The highest BCUT2D eigenvalue weighted by atomic mass is 16.5. The molecule has 0 amide bonds. The third-order valence-corrected chi connectivity index (χ3v) is 2.41. The van der Waals surface area contributed by atoms with E-state index in [1.54, 1.807) is 12.1 Å². The van der Waals surface area contributed by atoms with Gasteiger partial charge in [0.05, 0.1) is 12.8 Å². The van der Waals surface area contributed by atoms with Gasteiger partial charge in [-0.1, -0.05) is 6.92 Å². The minimum Gasteiger partial charge on any atom is -0.479 e. The van der Waals surface area contributed by atoms with Gasteiger partial charge < -0.3 is 20.9 Å². The molecule has 5 heteroatoms. The van der Waals surface area contributed by atoms with Crippen LogP contribution in [0.25, 0.3) is 0 Å². The number of nitrogens with zero attached hydrogens (tertiary/aromatic N) is 1. The summed E-state index contributed by atoms with van der Waals surface area (Å²) in [5.74, 6) is 1.13. The van der Waals surface area contributed by atoms with Crippen molar-refractivity contribution < 1.29 is 9.84 Å². The summed E-state index contributed by atoms with van der Waals surface area (Å²) in [6.45, 7) is 2.22. The smallest absolute Gasteiger partial charge is 0.238 e. The quantitative estimate of drug-likeness (QED) is 0.679. The minimum absolute atomic E-state index is 0.164. The van der Waals surface area contributed by atoms with E-state index >= 15 is 0 Å². The number of methoxy groups -OCH3 is 1. The van der Waals surface area contributed by atoms with Crippen LogP contribution >= 0.6 is 0 Å². The number of hydrogen-bond donors (Lipinski definition) is 3. The largest absolute Gasteiger partial charge is 0.479 e. The molecule has 0 aliphatic carbocycles. The second-order valence-electron chi connectivity index (χ2n) is 3.56. The van der Waals surface area contributed by atoms with Gasteiger partial charge in [-0.15, -0.1) is 0 Å². The number of anilines is 2. The Kier molecular flexibility index (Phi) is 4.85. The molecule has 1 unspecified atom stereocenters. The van der Waals surface area contributed by atoms with Crippen LogP contribution in [-0.2, 0) is 0 Å². The standard InChI is InChI=1S/C11H19N3O2/c1-3-8(6-7-15)13-10-5-4-9(12)11(14-10)16-2/h4-5,8,15H,3,6-7,12H2,1-2H3,(H,13,14). The van der Waals surface area contributed by atoms with Gasteiger partial charge in [0.15, 0.2) is 0 Å². The Morgan fingerprint density at radius 2 is 2.31 bits per heavy atom. The first-order chi connectivity index (χ1) is 7.71. The van der Waals surface area contributed by atoms with Crippen molar-refractivity contribution in [2.45, 2.75) is 25.8 Å². The van der Waals surface area contributed by atoms with E-state index in [1.807, 2.05) is 0 Å². The van der Waals surface area contributed by atoms with Gasteiger partial charge in [-0.2, -0.15) is 4.98 Å². The van der Waals surface area contributed by atoms with Gasteiger partial charge in [-0.25, -0.2) is 0 Å². The van der Waals surface area contributed by atoms with Gasteiger partial charge in [0.2, 0.25) is 5.88 Å². The third-order valence-electron chi connectivity index (χ3n) is 2.41. The van der Waals surface area contributed by atoms with Crippen LogP contribution in [0.5, 0.6) is 5.88 Å². The van der Waals surface area contributed by atoms with E-state index in [4.69, 9.17) is 15.6 Å². The van der Waals surface area contributed by atoms with Gasteiger partial charge in [-0.3, -0.25) is 0 Å². The average molecular weight is 225 g/mol. The molecule has 0 bridgehead atoms. The molecule has 1 rings (SSSR count). The van der Waals surface area contributed by atoms with Gasteiger partial charge in [-0.05, 0) is 25.0 Å². The lowest BCUT2D eigenvalue weighted by atomic mass is 10.1. The number of ether oxygens (including phenoxy) is 1. The summed E-state index contributed by atoms with van der Waals surface area (Å²) in [4.78, 5) is 4.22. The molecule has 1 aromatic heterocycles. The molecule has 1 heterocycles. The molecule has 1 aromatic rings. The summed E-state index contributed by atoms with van der Waals surface area (Å²) in [5.41, 5.74) is 6.18. The molecule has 0 fully saturated rings. The third kappa shape index (κ3) is 3.27. The molecule has 16 heavy (non-hydrogen) atoms. The molecule has 0 aliphatic rings. The van der Waals surface area contributed by atoms with Gasteiger partial charge >= 0.3 is 0 Å². The number of rotatable bonds is 6. The molecule has 1 atom stereocenters. The Bertz CT molecular complexity index is 331. The zero-order valence-corrected chi connectivity index (χ0v) is 9.73. The summed E-state index contributed by atoms with van der Waals surface area (Å²) in [6, 6.07) is 3.77. The second-order valence-corrected chi connectivity index (χ2v) is 3.56. The zero-order valence-electron chi connectivity index (χ0n) is 9.73. The van der Waals surface area contributed by atoms with Crippen LogP contribution in [0.2, 0.25) is 0 Å². The molecular formula is C11H19N3O2. The highest BCUT2D eigenvalue weighted by Gasteiger charge is 2.08.